The standard InChI is InChI=1S/C8H10.2C4H4N2.2BrH/c1-7-3-5-8(2)6-4-7;2*1-2-5-4-6-3-1;;/h3-6H,1-2H3;2*1-4H;2*1H. The molecule has 22 heavy (non-hydrogen) atoms. The van der Waals surface area contributed by atoms with E-state index < -0.39 is 0 Å². The van der Waals surface area contributed by atoms with Crippen LogP contribution in [0.25, 0.3) is 0 Å². The van der Waals surface area contributed by atoms with Crippen LogP contribution >= 0.6 is 34.0 Å². The Morgan fingerprint density at radius 2 is 0.818 bits per heavy atom. The normalized spacial score (nSPS) is 7.73. The van der Waals surface area contributed by atoms with Crippen LogP contribution in [0.2, 0.25) is 0 Å². The fourth-order valence-electron chi connectivity index (χ4n) is 1.14. The van der Waals surface area contributed by atoms with Crippen molar-refractivity contribution in [2.45, 2.75) is 13.8 Å². The minimum Gasteiger partial charge on any atom is -0.245 e. The summed E-state index contributed by atoms with van der Waals surface area (Å²) in [6, 6.07) is 12.0. The molecule has 1 aromatic carbocycles. The van der Waals surface area contributed by atoms with E-state index in [2.05, 4.69) is 58.0 Å². The monoisotopic (exact) mass is 426 g/mol. The van der Waals surface area contributed by atoms with Gasteiger partial charge in [-0.25, -0.2) is 19.9 Å². The first-order chi connectivity index (χ1) is 9.79. The highest BCUT2D eigenvalue weighted by atomic mass is 79.9. The Balaban J connectivity index is 0. The Hall–Kier alpha value is -1.66. The van der Waals surface area contributed by atoms with E-state index in [1.807, 2.05) is 0 Å². The van der Waals surface area contributed by atoms with Crippen molar-refractivity contribution in [1.82, 2.24) is 19.9 Å². The van der Waals surface area contributed by atoms with Gasteiger partial charge < -0.3 is 0 Å². The minimum atomic E-state index is 0. The lowest BCUT2D eigenvalue weighted by molar-refractivity contribution is 1.17. The molecule has 0 spiro atoms. The van der Waals surface area contributed by atoms with E-state index in [4.69, 9.17) is 0 Å². The molecule has 0 bridgehead atoms. The lowest BCUT2D eigenvalue weighted by Crippen LogP contribution is -1.70. The summed E-state index contributed by atoms with van der Waals surface area (Å²) in [6.07, 6.45) is 9.75. The predicted molar refractivity (Wildman–Crippen MR) is 101 cm³/mol. The first kappa shape index (κ1) is 22.6. The van der Waals surface area contributed by atoms with Crippen LogP contribution in [-0.4, -0.2) is 19.9 Å². The van der Waals surface area contributed by atoms with Crippen LogP contribution in [0.3, 0.4) is 0 Å². The molecule has 0 aliphatic heterocycles. The van der Waals surface area contributed by atoms with Gasteiger partial charge in [-0.15, -0.1) is 34.0 Å². The molecule has 0 aliphatic carbocycles. The Kier molecular flexibility index (Phi) is 16.2. The third kappa shape index (κ3) is 13.3. The van der Waals surface area contributed by atoms with Crippen LogP contribution in [0.5, 0.6) is 0 Å². The summed E-state index contributed by atoms with van der Waals surface area (Å²) in [4.78, 5) is 14.7. The third-order valence-electron chi connectivity index (χ3n) is 2.17. The van der Waals surface area contributed by atoms with Crippen LogP contribution in [-0.2, 0) is 0 Å². The summed E-state index contributed by atoms with van der Waals surface area (Å²) >= 11 is 0. The first-order valence-corrected chi connectivity index (χ1v) is 6.22. The van der Waals surface area contributed by atoms with Gasteiger partial charge in [-0.3, -0.25) is 0 Å². The molecule has 0 atom stereocenters. The molecule has 0 amide bonds. The fraction of sp³-hybridized carbons (Fsp3) is 0.125. The topological polar surface area (TPSA) is 51.6 Å². The molecule has 118 valence electrons. The van der Waals surface area contributed by atoms with Gasteiger partial charge in [0.05, 0.1) is 0 Å². The van der Waals surface area contributed by atoms with Gasteiger partial charge in [-0.05, 0) is 26.0 Å². The Morgan fingerprint density at radius 3 is 0.955 bits per heavy atom. The van der Waals surface area contributed by atoms with Gasteiger partial charge in [0.2, 0.25) is 0 Å². The Morgan fingerprint density at radius 1 is 0.545 bits per heavy atom. The molecule has 0 fully saturated rings. The number of hydrogen-bond acceptors (Lipinski definition) is 4. The lowest BCUT2D eigenvalue weighted by atomic mass is 10.2. The average molecular weight is 428 g/mol. The SMILES string of the molecule is Br.Br.Cc1ccc(C)cc1.c1cncnc1.c1cncnc1. The van der Waals surface area contributed by atoms with E-state index >= 15 is 0 Å². The van der Waals surface area contributed by atoms with Crippen molar-refractivity contribution in [2.75, 3.05) is 0 Å². The van der Waals surface area contributed by atoms with Crippen molar-refractivity contribution >= 4 is 34.0 Å². The summed E-state index contributed by atoms with van der Waals surface area (Å²) < 4.78 is 0. The summed E-state index contributed by atoms with van der Waals surface area (Å²) in [5.74, 6) is 0. The molecule has 0 N–H and O–H groups in total. The van der Waals surface area contributed by atoms with Crippen LogP contribution in [0.15, 0.2) is 73.8 Å². The van der Waals surface area contributed by atoms with E-state index in [9.17, 15) is 0 Å². The Labute approximate surface area is 152 Å². The number of aryl methyl sites for hydroxylation is 2. The second-order valence-electron chi connectivity index (χ2n) is 3.96. The molecule has 2 aromatic heterocycles. The molecule has 2 heterocycles. The number of rotatable bonds is 0. The molecule has 3 rings (SSSR count). The van der Waals surface area contributed by atoms with Crippen molar-refractivity contribution in [2.24, 2.45) is 0 Å². The Bertz CT molecular complexity index is 442. The fourth-order valence-corrected chi connectivity index (χ4v) is 1.14. The van der Waals surface area contributed by atoms with Crippen LogP contribution < -0.4 is 0 Å². The maximum atomic E-state index is 3.67. The zero-order chi connectivity index (χ0) is 14.5. The highest BCUT2D eigenvalue weighted by molar-refractivity contribution is 8.93. The number of hydrogen-bond donors (Lipinski definition) is 0. The highest BCUT2D eigenvalue weighted by Gasteiger charge is 1.79. The lowest BCUT2D eigenvalue weighted by Gasteiger charge is -1.90. The largest absolute Gasteiger partial charge is 0.245 e. The van der Waals surface area contributed by atoms with Crippen molar-refractivity contribution in [1.29, 1.82) is 0 Å². The minimum absolute atomic E-state index is 0. The quantitative estimate of drug-likeness (QED) is 0.533. The smallest absolute Gasteiger partial charge is 0.115 e. The van der Waals surface area contributed by atoms with Crippen molar-refractivity contribution in [3.63, 3.8) is 0 Å². The van der Waals surface area contributed by atoms with Gasteiger partial charge in [0.1, 0.15) is 12.7 Å². The van der Waals surface area contributed by atoms with Gasteiger partial charge in [0.25, 0.3) is 0 Å². The second-order valence-corrected chi connectivity index (χ2v) is 3.96. The van der Waals surface area contributed by atoms with E-state index in [1.165, 1.54) is 23.8 Å². The van der Waals surface area contributed by atoms with Gasteiger partial charge in [0, 0.05) is 24.8 Å². The van der Waals surface area contributed by atoms with Gasteiger partial charge in [-0.2, -0.15) is 0 Å². The highest BCUT2D eigenvalue weighted by Crippen LogP contribution is 1.99. The summed E-state index contributed by atoms with van der Waals surface area (Å²) in [5, 5.41) is 0. The molecular weight excluding hydrogens is 408 g/mol. The summed E-state index contributed by atoms with van der Waals surface area (Å²) in [6.45, 7) is 4.19. The molecular formula is C16H20Br2N4. The molecule has 6 heteroatoms. The second kappa shape index (κ2) is 15.7. The molecule has 0 saturated heterocycles. The molecule has 0 unspecified atom stereocenters. The molecule has 4 nitrogen and oxygen atoms in total. The van der Waals surface area contributed by atoms with Gasteiger partial charge in [-0.1, -0.05) is 35.4 Å². The number of aromatic nitrogens is 4. The van der Waals surface area contributed by atoms with Gasteiger partial charge >= 0.3 is 0 Å². The molecule has 3 aromatic rings. The van der Waals surface area contributed by atoms with Gasteiger partial charge in [0.15, 0.2) is 0 Å². The number of nitrogens with zero attached hydrogens (tertiary/aromatic N) is 4. The van der Waals surface area contributed by atoms with Crippen LogP contribution in [0, 0.1) is 13.8 Å². The zero-order valence-corrected chi connectivity index (χ0v) is 16.0. The van der Waals surface area contributed by atoms with E-state index in [-0.39, 0.29) is 34.0 Å². The van der Waals surface area contributed by atoms with Crippen molar-refractivity contribution < 1.29 is 0 Å². The average Bonchev–Trinajstić information content (AvgIpc) is 2.55. The van der Waals surface area contributed by atoms with Crippen LogP contribution in [0.4, 0.5) is 0 Å². The number of benzene rings is 1. The van der Waals surface area contributed by atoms with Crippen molar-refractivity contribution in [3.05, 3.63) is 85.0 Å². The van der Waals surface area contributed by atoms with E-state index in [0.717, 1.165) is 0 Å². The van der Waals surface area contributed by atoms with E-state index in [0.29, 0.717) is 0 Å². The summed E-state index contributed by atoms with van der Waals surface area (Å²) in [5.41, 5.74) is 2.66. The third-order valence-corrected chi connectivity index (χ3v) is 2.17. The molecule has 0 radical (unpaired) electrons. The molecule has 0 saturated carbocycles. The van der Waals surface area contributed by atoms with E-state index in [1.54, 1.807) is 36.9 Å². The van der Waals surface area contributed by atoms with Crippen molar-refractivity contribution in [3.8, 4) is 0 Å². The maximum absolute atomic E-state index is 3.67. The van der Waals surface area contributed by atoms with Crippen LogP contribution in [0.1, 0.15) is 11.1 Å². The zero-order valence-electron chi connectivity index (χ0n) is 12.5. The summed E-state index contributed by atoms with van der Waals surface area (Å²) in [7, 11) is 0. The maximum Gasteiger partial charge on any atom is 0.115 e. The predicted octanol–water partition coefficient (Wildman–Crippen LogP) is 4.41. The number of halogens is 2. The first-order valence-electron chi connectivity index (χ1n) is 6.22. The molecule has 0 aliphatic rings.